The van der Waals surface area contributed by atoms with Gasteiger partial charge >= 0.3 is 0 Å². The fourth-order valence-electron chi connectivity index (χ4n) is 1.40. The molecular weight excluding hydrogens is 195 g/mol. The van der Waals surface area contributed by atoms with Gasteiger partial charge in [-0.2, -0.15) is 17.7 Å². The number of hydrogen-bond acceptors (Lipinski definition) is 0. The van der Waals surface area contributed by atoms with Crippen molar-refractivity contribution in [2.45, 2.75) is 12.8 Å². The second-order valence-corrected chi connectivity index (χ2v) is 2.91. The molecule has 0 aromatic heterocycles. The Balaban J connectivity index is 0.000000845. The molecule has 0 bridgehead atoms. The van der Waals surface area contributed by atoms with E-state index in [1.54, 1.807) is 0 Å². The van der Waals surface area contributed by atoms with Gasteiger partial charge in [0.15, 0.2) is 0 Å². The van der Waals surface area contributed by atoms with Crippen LogP contribution in [0.25, 0.3) is 0 Å². The monoisotopic (exact) mass is 206 g/mol. The quantitative estimate of drug-likeness (QED) is 0.578. The van der Waals surface area contributed by atoms with Gasteiger partial charge < -0.3 is 0 Å². The molecule has 0 saturated carbocycles. The molecule has 0 aliphatic heterocycles. The van der Waals surface area contributed by atoms with Gasteiger partial charge in [0.2, 0.25) is 0 Å². The first-order chi connectivity index (χ1) is 5.97. The third kappa shape index (κ3) is 2.62. The maximum atomic E-state index is 3.32. The third-order valence-corrected chi connectivity index (χ3v) is 2.03. The maximum Gasteiger partial charge on any atom is 0 e. The minimum absolute atomic E-state index is 0. The second-order valence-electron chi connectivity index (χ2n) is 2.91. The van der Waals surface area contributed by atoms with E-state index in [1.807, 2.05) is 0 Å². The third-order valence-electron chi connectivity index (χ3n) is 2.03. The Bertz CT molecular complexity index is 314. The SMILES string of the molecule is [C-]1=C(C2=CC=CC=CC2)C=CC1.[V]. The van der Waals surface area contributed by atoms with Crippen molar-refractivity contribution in [1.82, 2.24) is 0 Å². The van der Waals surface area contributed by atoms with Crippen molar-refractivity contribution in [2.24, 2.45) is 0 Å². The first kappa shape index (κ1) is 10.4. The van der Waals surface area contributed by atoms with E-state index >= 15 is 0 Å². The summed E-state index contributed by atoms with van der Waals surface area (Å²) in [5.41, 5.74) is 2.64. The summed E-state index contributed by atoms with van der Waals surface area (Å²) in [6, 6.07) is 0. The van der Waals surface area contributed by atoms with Crippen LogP contribution in [0.15, 0.2) is 53.7 Å². The molecule has 0 fully saturated rings. The van der Waals surface area contributed by atoms with Gasteiger partial charge in [-0.3, -0.25) is 0 Å². The zero-order chi connectivity index (χ0) is 8.23. The average Bonchev–Trinajstić information content (AvgIpc) is 2.48. The Morgan fingerprint density at radius 2 is 2.00 bits per heavy atom. The normalized spacial score (nSPS) is 19.1. The Morgan fingerprint density at radius 3 is 2.77 bits per heavy atom. The fraction of sp³-hybridized carbons (Fsp3) is 0.167. The molecule has 2 aliphatic rings. The minimum Gasteiger partial charge on any atom is -0.198 e. The Morgan fingerprint density at radius 1 is 1.08 bits per heavy atom. The van der Waals surface area contributed by atoms with Crippen LogP contribution in [-0.2, 0) is 18.6 Å². The average molecular weight is 206 g/mol. The van der Waals surface area contributed by atoms with Crippen LogP contribution in [0.1, 0.15) is 12.8 Å². The standard InChI is InChI=1S/C12H11.V/c1-2-4-8-11(7-3-1)12-9-5-6-10-12;/h1-5,7,9H,6,8H2;/q-1;. The molecule has 0 amide bonds. The summed E-state index contributed by atoms with van der Waals surface area (Å²) >= 11 is 0. The zero-order valence-electron chi connectivity index (χ0n) is 7.40. The van der Waals surface area contributed by atoms with Crippen molar-refractivity contribution in [1.29, 1.82) is 0 Å². The molecule has 0 atom stereocenters. The van der Waals surface area contributed by atoms with E-state index in [2.05, 4.69) is 48.6 Å². The Hall–Kier alpha value is -0.716. The largest absolute Gasteiger partial charge is 0.198 e. The predicted octanol–water partition coefficient (Wildman–Crippen LogP) is 3.12. The first-order valence-corrected chi connectivity index (χ1v) is 4.27. The number of rotatable bonds is 1. The van der Waals surface area contributed by atoms with Crippen LogP contribution in [0.3, 0.4) is 0 Å². The minimum atomic E-state index is 0. The van der Waals surface area contributed by atoms with Crippen LogP contribution >= 0.6 is 0 Å². The molecule has 0 aromatic rings. The van der Waals surface area contributed by atoms with Gasteiger partial charge in [-0.05, 0) is 0 Å². The summed E-state index contributed by atoms with van der Waals surface area (Å²) in [6.45, 7) is 0. The van der Waals surface area contributed by atoms with Crippen LogP contribution in [0.2, 0.25) is 0 Å². The van der Waals surface area contributed by atoms with Gasteiger partial charge in [0.05, 0.1) is 0 Å². The molecule has 1 radical (unpaired) electrons. The molecule has 0 unspecified atom stereocenters. The predicted molar refractivity (Wildman–Crippen MR) is 51.5 cm³/mol. The van der Waals surface area contributed by atoms with E-state index in [-0.39, 0.29) is 18.6 Å². The molecule has 1 heteroatoms. The molecule has 2 rings (SSSR count). The van der Waals surface area contributed by atoms with Crippen LogP contribution in [0.4, 0.5) is 0 Å². The molecule has 2 aliphatic carbocycles. The summed E-state index contributed by atoms with van der Waals surface area (Å²) in [4.78, 5) is 0. The van der Waals surface area contributed by atoms with Gasteiger partial charge in [0.1, 0.15) is 0 Å². The van der Waals surface area contributed by atoms with Crippen molar-refractivity contribution < 1.29 is 18.6 Å². The van der Waals surface area contributed by atoms with E-state index < -0.39 is 0 Å². The van der Waals surface area contributed by atoms with Crippen molar-refractivity contribution in [2.75, 3.05) is 0 Å². The molecule has 0 N–H and O–H groups in total. The van der Waals surface area contributed by atoms with Gasteiger partial charge in [-0.1, -0.05) is 37.1 Å². The summed E-state index contributed by atoms with van der Waals surface area (Å²) in [5.74, 6) is 0. The molecule has 13 heavy (non-hydrogen) atoms. The first-order valence-electron chi connectivity index (χ1n) is 4.27. The fourth-order valence-corrected chi connectivity index (χ4v) is 1.40. The van der Waals surface area contributed by atoms with E-state index in [4.69, 9.17) is 0 Å². The van der Waals surface area contributed by atoms with Crippen LogP contribution in [-0.4, -0.2) is 0 Å². The Kier molecular flexibility index (Phi) is 4.07. The smallest absolute Gasteiger partial charge is 0 e. The van der Waals surface area contributed by atoms with E-state index in [1.165, 1.54) is 11.1 Å². The van der Waals surface area contributed by atoms with Crippen LogP contribution in [0, 0.1) is 6.08 Å². The van der Waals surface area contributed by atoms with Gasteiger partial charge in [-0.15, -0.1) is 17.7 Å². The molecule has 0 nitrogen and oxygen atoms in total. The topological polar surface area (TPSA) is 0 Å². The molecule has 0 aromatic carbocycles. The molecule has 65 valence electrons. The number of hydrogen-bond donors (Lipinski definition) is 0. The van der Waals surface area contributed by atoms with Gasteiger partial charge in [0, 0.05) is 18.6 Å². The summed E-state index contributed by atoms with van der Waals surface area (Å²) in [6.07, 6.45) is 20.2. The van der Waals surface area contributed by atoms with Crippen LogP contribution < -0.4 is 0 Å². The van der Waals surface area contributed by atoms with E-state index in [9.17, 15) is 0 Å². The second kappa shape index (κ2) is 5.11. The van der Waals surface area contributed by atoms with Gasteiger partial charge in [-0.25, -0.2) is 0 Å². The maximum absolute atomic E-state index is 3.32. The summed E-state index contributed by atoms with van der Waals surface area (Å²) < 4.78 is 0. The van der Waals surface area contributed by atoms with Crippen LogP contribution in [0.5, 0.6) is 0 Å². The summed E-state index contributed by atoms with van der Waals surface area (Å²) in [7, 11) is 0. The number of allylic oxidation sites excluding steroid dienone is 10. The van der Waals surface area contributed by atoms with Crippen molar-refractivity contribution in [3.63, 3.8) is 0 Å². The molecule has 0 heterocycles. The van der Waals surface area contributed by atoms with Gasteiger partial charge in [0.25, 0.3) is 0 Å². The van der Waals surface area contributed by atoms with E-state index in [0.717, 1.165) is 12.8 Å². The molecule has 0 spiro atoms. The van der Waals surface area contributed by atoms with E-state index in [0.29, 0.717) is 0 Å². The van der Waals surface area contributed by atoms with Crippen molar-refractivity contribution >= 4 is 0 Å². The summed E-state index contributed by atoms with van der Waals surface area (Å²) in [5, 5.41) is 0. The molecular formula is C12H11V-. The zero-order valence-corrected chi connectivity index (χ0v) is 8.80. The molecule has 0 saturated heterocycles. The van der Waals surface area contributed by atoms with Crippen molar-refractivity contribution in [3.05, 3.63) is 59.8 Å². The van der Waals surface area contributed by atoms with Crippen molar-refractivity contribution in [3.8, 4) is 0 Å². The Labute approximate surface area is 91.3 Å².